The lowest BCUT2D eigenvalue weighted by Gasteiger charge is -2.56. The maximum atomic E-state index is 5.22. The van der Waals surface area contributed by atoms with Crippen molar-refractivity contribution in [1.82, 2.24) is 105 Å². The van der Waals surface area contributed by atoms with Crippen molar-refractivity contribution in [3.8, 4) is 39.9 Å². The zero-order valence-corrected chi connectivity index (χ0v) is 62.4. The van der Waals surface area contributed by atoms with Gasteiger partial charge in [-0.25, -0.2) is 44.9 Å². The molecule has 0 spiro atoms. The molecule has 25 heteroatoms. The van der Waals surface area contributed by atoms with Gasteiger partial charge in [0.2, 0.25) is 0 Å². The number of pyridine rings is 6. The molecule has 107 heavy (non-hydrogen) atoms. The first-order valence-corrected chi connectivity index (χ1v) is 37.4. The smallest absolute Gasteiger partial charge is 0.161 e. The normalized spacial score (nSPS) is 19.4. The number of hydrogen-bond donors (Lipinski definition) is 3. The largest absolute Gasteiger partial charge is 0.495 e. The highest BCUT2D eigenvalue weighted by Gasteiger charge is 2.47. The number of H-pyrrole nitrogens is 3. The van der Waals surface area contributed by atoms with E-state index in [2.05, 4.69) is 183 Å². The fraction of sp³-hybridized carbons (Fsp3) is 0.378. The van der Waals surface area contributed by atoms with Crippen LogP contribution in [0.3, 0.4) is 0 Å². The Balaban J connectivity index is 0.000000123. The highest BCUT2D eigenvalue weighted by Crippen LogP contribution is 2.39. The van der Waals surface area contributed by atoms with E-state index < -0.39 is 0 Å². The number of aromatic amines is 3. The van der Waals surface area contributed by atoms with Gasteiger partial charge in [0.25, 0.3) is 0 Å². The predicted octanol–water partition coefficient (Wildman–Crippen LogP) is 10.9. The van der Waals surface area contributed by atoms with Crippen molar-refractivity contribution in [2.45, 2.75) is 156 Å². The van der Waals surface area contributed by atoms with Crippen molar-refractivity contribution in [2.24, 2.45) is 0 Å². The number of ether oxygens (including phenoxy) is 1. The van der Waals surface area contributed by atoms with E-state index in [0.29, 0.717) is 73.0 Å². The summed E-state index contributed by atoms with van der Waals surface area (Å²) in [7, 11) is 1.67. The van der Waals surface area contributed by atoms with E-state index in [1.807, 2.05) is 103 Å². The van der Waals surface area contributed by atoms with Crippen LogP contribution in [0.1, 0.15) is 123 Å². The number of nitrogens with zero attached hydrogens (tertiary/aromatic N) is 21. The monoisotopic (exact) mass is 1430 g/mol. The highest BCUT2D eigenvalue weighted by atomic mass is 16.5. The molecule has 6 atom stereocenters. The Labute approximate surface area is 624 Å². The summed E-state index contributed by atoms with van der Waals surface area (Å²) in [6.07, 6.45) is 18.3. The molecule has 9 aliphatic rings. The van der Waals surface area contributed by atoms with Crippen molar-refractivity contribution in [3.63, 3.8) is 0 Å². The van der Waals surface area contributed by atoms with Gasteiger partial charge in [0.05, 0.1) is 64.6 Å². The molecule has 6 bridgehead atoms. The maximum absolute atomic E-state index is 5.22. The van der Waals surface area contributed by atoms with E-state index >= 15 is 0 Å². The number of hydrogen-bond acceptors (Lipinski definition) is 22. The minimum atomic E-state index is 0.530. The number of piperidine rings is 3. The minimum absolute atomic E-state index is 0.530. The average Bonchev–Trinajstić information content (AvgIpc) is 1.22. The Hall–Kier alpha value is -11.2. The molecule has 9 fully saturated rings. The van der Waals surface area contributed by atoms with Crippen LogP contribution in [0.2, 0.25) is 0 Å². The van der Waals surface area contributed by atoms with Crippen LogP contribution in [0.5, 0.6) is 5.75 Å². The topological polar surface area (TPSA) is 269 Å². The molecule has 546 valence electrons. The number of anilines is 3. The maximum Gasteiger partial charge on any atom is 0.161 e. The van der Waals surface area contributed by atoms with Crippen molar-refractivity contribution < 1.29 is 4.74 Å². The highest BCUT2D eigenvalue weighted by molar-refractivity contribution is 5.60. The second kappa shape index (κ2) is 30.7. The third-order valence-electron chi connectivity index (χ3n) is 21.4. The van der Waals surface area contributed by atoms with Gasteiger partial charge in [-0.3, -0.25) is 44.9 Å². The Morgan fingerprint density at radius 2 is 0.710 bits per heavy atom. The average molecular weight is 1430 g/mol. The van der Waals surface area contributed by atoms with Gasteiger partial charge in [-0.2, -0.15) is 15.3 Å². The van der Waals surface area contributed by atoms with Crippen LogP contribution in [-0.4, -0.2) is 188 Å². The van der Waals surface area contributed by atoms with Gasteiger partial charge in [-0.15, -0.1) is 0 Å². The van der Waals surface area contributed by atoms with E-state index in [9.17, 15) is 0 Å². The van der Waals surface area contributed by atoms with Gasteiger partial charge in [0.1, 0.15) is 23.2 Å². The number of methoxy groups -OCH3 is 1. The van der Waals surface area contributed by atoms with Crippen LogP contribution in [0, 0.1) is 48.5 Å². The Morgan fingerprint density at radius 3 is 0.991 bits per heavy atom. The van der Waals surface area contributed by atoms with Crippen molar-refractivity contribution in [2.75, 3.05) is 61.1 Å². The van der Waals surface area contributed by atoms with E-state index in [1.165, 1.54) is 30.4 Å². The van der Waals surface area contributed by atoms with Crippen LogP contribution in [0.15, 0.2) is 146 Å². The van der Waals surface area contributed by atoms with Crippen LogP contribution in [-0.2, 0) is 45.3 Å². The molecular weight excluding hydrogens is 1340 g/mol. The van der Waals surface area contributed by atoms with Gasteiger partial charge in [-0.05, 0) is 182 Å². The number of aryl methyl sites for hydroxylation is 8. The number of piperazine rings is 3. The van der Waals surface area contributed by atoms with Gasteiger partial charge in [-0.1, -0.05) is 19.1 Å². The molecule has 0 radical (unpaired) electrons. The van der Waals surface area contributed by atoms with Crippen molar-refractivity contribution >= 4 is 17.5 Å². The summed E-state index contributed by atoms with van der Waals surface area (Å²) >= 11 is 0. The van der Waals surface area contributed by atoms with Gasteiger partial charge < -0.3 is 19.4 Å². The van der Waals surface area contributed by atoms with E-state index in [4.69, 9.17) is 34.6 Å². The number of fused-ring (bicyclic) bond motifs is 6. The van der Waals surface area contributed by atoms with E-state index in [0.717, 1.165) is 191 Å². The van der Waals surface area contributed by atoms with Crippen LogP contribution >= 0.6 is 0 Å². The van der Waals surface area contributed by atoms with Crippen LogP contribution < -0.4 is 19.4 Å². The lowest BCUT2D eigenvalue weighted by molar-refractivity contribution is -0.00971. The van der Waals surface area contributed by atoms with Gasteiger partial charge >= 0.3 is 0 Å². The predicted molar refractivity (Wildman–Crippen MR) is 412 cm³/mol. The molecule has 21 heterocycles. The van der Waals surface area contributed by atoms with E-state index in [1.54, 1.807) is 13.3 Å². The lowest BCUT2D eigenvalue weighted by Crippen LogP contribution is -2.68. The zero-order chi connectivity index (χ0) is 73.2. The van der Waals surface area contributed by atoms with Crippen molar-refractivity contribution in [1.29, 1.82) is 0 Å². The molecule has 0 amide bonds. The standard InChI is InChI=1S/C28H32N8.C27H30N8O.C27H30N8/c1-4-20-5-7-22(29-13-20)15-36-25-12-26(36)17-35(16-25)27-8-6-21(14-30-27)28-31-18(2)9-23(32-28)11-24-10-19(3)33-34-24;1-17-8-21(10-22-9-18(2)32-33-22)31-27(30-17)19-4-7-26(29-12-19)34-15-23-11-24(16-34)35(23)14-20-5-6-25(36-3)13-28-20;1-17-4-6-21(28-12-17)14-35-24-11-25(35)16-34(15-24)26-7-5-20(13-29-26)27-30-18(2)8-22(31-27)10-23-9-19(3)32-33-23/h5-10,13-14,25-26H,4,11-12,15-17H2,1-3H3,(H,33,34);4-9,12-13,23-24H,10-11,14-16H2,1-3H3,(H,32,33);4-9,12-13,24-25H,10-11,14-16H2,1-3H3,(H,32,33). The summed E-state index contributed by atoms with van der Waals surface area (Å²) in [5, 5.41) is 22.0. The minimum Gasteiger partial charge on any atom is -0.495 e. The second-order valence-electron chi connectivity index (χ2n) is 29.7. The zero-order valence-electron chi connectivity index (χ0n) is 62.4. The summed E-state index contributed by atoms with van der Waals surface area (Å²) in [4.78, 5) is 71.5. The number of aromatic nitrogens is 18. The molecule has 3 N–H and O–H groups in total. The SMILES string of the molecule is CCc1ccc(CN2C3CC2CN(c2ccc(-c4nc(C)cc(Cc5cc(C)[nH]n5)n4)cn2)C3)nc1.COc1ccc(CN2C3CC2CN(c2ccc(-c4nc(C)cc(Cc5cc(C)[nH]n5)n4)cn2)C3)nc1.Cc1ccc(CN2C3CC2CN(c2ccc(-c4nc(C)cc(Cc5cc(C)[nH]n5)n4)cn2)C3)nc1. The molecular formula is C82H92N24O. The molecule has 0 aromatic carbocycles. The summed E-state index contributed by atoms with van der Waals surface area (Å²) in [5.41, 5.74) is 20.5. The summed E-state index contributed by atoms with van der Waals surface area (Å²) < 4.78 is 5.22. The number of nitrogens with one attached hydrogen (secondary N) is 3. The first-order valence-electron chi connectivity index (χ1n) is 37.4. The molecule has 12 aromatic rings. The first-order chi connectivity index (χ1) is 52.1. The Bertz CT molecular complexity index is 4780. The third kappa shape index (κ3) is 16.3. The number of rotatable bonds is 20. The molecule has 12 aromatic heterocycles. The molecule has 6 unspecified atom stereocenters. The summed E-state index contributed by atoms with van der Waals surface area (Å²) in [6, 6.07) is 40.8. The summed E-state index contributed by atoms with van der Waals surface area (Å²) in [5.74, 6) is 5.99. The molecule has 25 nitrogen and oxygen atoms in total. The lowest BCUT2D eigenvalue weighted by atomic mass is 9.87. The summed E-state index contributed by atoms with van der Waals surface area (Å²) in [6.45, 7) is 25.0. The molecule has 9 saturated heterocycles. The second-order valence-corrected chi connectivity index (χ2v) is 29.7. The fourth-order valence-corrected chi connectivity index (χ4v) is 15.9. The quantitative estimate of drug-likeness (QED) is 0.0640. The van der Waals surface area contributed by atoms with E-state index in [-0.39, 0.29) is 0 Å². The molecule has 9 aliphatic heterocycles. The Kier molecular flexibility index (Phi) is 20.2. The molecule has 0 saturated carbocycles. The fourth-order valence-electron chi connectivity index (χ4n) is 15.9. The van der Waals surface area contributed by atoms with Crippen LogP contribution in [0.4, 0.5) is 17.5 Å². The van der Waals surface area contributed by atoms with Crippen molar-refractivity contribution in [3.05, 3.63) is 243 Å². The van der Waals surface area contributed by atoms with Crippen LogP contribution in [0.25, 0.3) is 34.2 Å². The van der Waals surface area contributed by atoms with Gasteiger partial charge in [0, 0.05) is 196 Å². The molecule has 0 aliphatic carbocycles. The van der Waals surface area contributed by atoms with Gasteiger partial charge in [0.15, 0.2) is 17.5 Å². The Morgan fingerprint density at radius 1 is 0.355 bits per heavy atom. The first kappa shape index (κ1) is 70.2. The third-order valence-corrected chi connectivity index (χ3v) is 21.4. The molecule has 21 rings (SSSR count).